The largest absolute Gasteiger partial charge is 0.673 e. The van der Waals surface area contributed by atoms with Crippen molar-refractivity contribution in [3.63, 3.8) is 0 Å². The molecule has 1 nitrogen and oxygen atoms in total. The van der Waals surface area contributed by atoms with E-state index in [2.05, 4.69) is 0 Å². The molecule has 0 saturated heterocycles. The molecular formula is C2H3BF4N-. The molecule has 0 saturated carbocycles. The zero-order valence-electron chi connectivity index (χ0n) is 4.04. The van der Waals surface area contributed by atoms with Crippen LogP contribution in [0.1, 0.15) is 6.92 Å². The summed E-state index contributed by atoms with van der Waals surface area (Å²) in [5.74, 6) is 0. The Hall–Kier alpha value is -0.725. The third-order valence-corrected chi connectivity index (χ3v) is 0. The Kier molecular flexibility index (Phi) is 5.71. The van der Waals surface area contributed by atoms with E-state index >= 15 is 0 Å². The molecule has 0 N–H and O–H groups in total. The average Bonchev–Trinajstić information content (AvgIpc) is 1.27. The van der Waals surface area contributed by atoms with Crippen molar-refractivity contribution >= 4 is 7.25 Å². The maximum Gasteiger partial charge on any atom is 0.673 e. The minimum absolute atomic E-state index is 1.43. The van der Waals surface area contributed by atoms with Crippen LogP contribution >= 0.6 is 0 Å². The molecule has 48 valence electrons. The lowest BCUT2D eigenvalue weighted by Crippen LogP contribution is -2.02. The van der Waals surface area contributed by atoms with Gasteiger partial charge >= 0.3 is 7.25 Å². The Morgan fingerprint density at radius 1 is 1.25 bits per heavy atom. The molecule has 0 amide bonds. The minimum Gasteiger partial charge on any atom is -0.418 e. The third-order valence-electron chi connectivity index (χ3n) is 0. The van der Waals surface area contributed by atoms with Gasteiger partial charge in [-0.3, -0.25) is 0 Å². The quantitative estimate of drug-likeness (QED) is 0.360. The van der Waals surface area contributed by atoms with Gasteiger partial charge in [-0.25, -0.2) is 0 Å². The molecule has 0 aliphatic carbocycles. The van der Waals surface area contributed by atoms with Gasteiger partial charge in [-0.05, 0) is 0 Å². The maximum atomic E-state index is 9.75. The Balaban J connectivity index is 0. The number of hydrogen-bond donors (Lipinski definition) is 0. The number of halogens is 4. The second kappa shape index (κ2) is 4.43. The normalized spacial score (nSPS) is 8.50. The van der Waals surface area contributed by atoms with E-state index in [-0.39, 0.29) is 0 Å². The van der Waals surface area contributed by atoms with Crippen LogP contribution in [0.25, 0.3) is 0 Å². The van der Waals surface area contributed by atoms with E-state index in [1.807, 2.05) is 0 Å². The van der Waals surface area contributed by atoms with E-state index in [4.69, 9.17) is 5.26 Å². The van der Waals surface area contributed by atoms with Crippen LogP contribution in [0.15, 0.2) is 0 Å². The lowest BCUT2D eigenvalue weighted by molar-refractivity contribution is 0.368. The van der Waals surface area contributed by atoms with E-state index in [1.54, 1.807) is 6.07 Å². The second-order valence-electron chi connectivity index (χ2n) is 0.718. The molecule has 0 spiro atoms. The summed E-state index contributed by atoms with van der Waals surface area (Å²) in [5.41, 5.74) is 0. The predicted molar refractivity (Wildman–Crippen MR) is 21.5 cm³/mol. The summed E-state index contributed by atoms with van der Waals surface area (Å²) in [6.45, 7) is 1.43. The van der Waals surface area contributed by atoms with Crippen LogP contribution in [-0.4, -0.2) is 7.25 Å². The molecule has 0 rings (SSSR count). The van der Waals surface area contributed by atoms with Gasteiger partial charge < -0.3 is 17.3 Å². The summed E-state index contributed by atoms with van der Waals surface area (Å²) in [7, 11) is -6.00. The molecule has 0 atom stereocenters. The van der Waals surface area contributed by atoms with Gasteiger partial charge in [-0.2, -0.15) is 5.26 Å². The molecule has 0 heterocycles. The number of nitriles is 1. The molecule has 0 aliphatic rings. The van der Waals surface area contributed by atoms with Crippen LogP contribution in [0.2, 0.25) is 0 Å². The summed E-state index contributed by atoms with van der Waals surface area (Å²) in [6, 6.07) is 1.75. The number of hydrogen-bond acceptors (Lipinski definition) is 1. The first-order valence-electron chi connectivity index (χ1n) is 1.60. The van der Waals surface area contributed by atoms with Crippen molar-refractivity contribution in [1.82, 2.24) is 0 Å². The van der Waals surface area contributed by atoms with Gasteiger partial charge in [0.1, 0.15) is 0 Å². The third kappa shape index (κ3) is 183. The van der Waals surface area contributed by atoms with E-state index in [1.165, 1.54) is 6.92 Å². The number of rotatable bonds is 0. The maximum absolute atomic E-state index is 9.75. The van der Waals surface area contributed by atoms with Crippen LogP contribution in [0, 0.1) is 11.3 Å². The Morgan fingerprint density at radius 3 is 1.25 bits per heavy atom. The van der Waals surface area contributed by atoms with Crippen LogP contribution in [0.4, 0.5) is 17.3 Å². The molecule has 0 aromatic carbocycles. The van der Waals surface area contributed by atoms with Gasteiger partial charge in [0.2, 0.25) is 0 Å². The number of nitrogens with zero attached hydrogens (tertiary/aromatic N) is 1. The van der Waals surface area contributed by atoms with Crippen LogP contribution < -0.4 is 0 Å². The van der Waals surface area contributed by atoms with Crippen LogP contribution in [0.3, 0.4) is 0 Å². The zero-order valence-corrected chi connectivity index (χ0v) is 4.04. The van der Waals surface area contributed by atoms with Crippen molar-refractivity contribution in [3.8, 4) is 6.07 Å². The predicted octanol–water partition coefficient (Wildman–Crippen LogP) is 1.83. The fourth-order valence-electron chi connectivity index (χ4n) is 0. The van der Waals surface area contributed by atoms with Crippen molar-refractivity contribution in [2.45, 2.75) is 6.92 Å². The SMILES string of the molecule is CC#N.F[B-](F)(F)F. The lowest BCUT2D eigenvalue weighted by atomic mass is 10.3. The smallest absolute Gasteiger partial charge is 0.418 e. The van der Waals surface area contributed by atoms with E-state index < -0.39 is 7.25 Å². The summed E-state index contributed by atoms with van der Waals surface area (Å²) in [5, 5.41) is 7.32. The van der Waals surface area contributed by atoms with E-state index in [9.17, 15) is 17.3 Å². The molecule has 0 unspecified atom stereocenters. The van der Waals surface area contributed by atoms with E-state index in [0.29, 0.717) is 0 Å². The first-order valence-corrected chi connectivity index (χ1v) is 1.60. The van der Waals surface area contributed by atoms with Gasteiger partial charge in [-0.15, -0.1) is 0 Å². The molecule has 0 aromatic heterocycles. The van der Waals surface area contributed by atoms with Crippen molar-refractivity contribution in [2.75, 3.05) is 0 Å². The Morgan fingerprint density at radius 2 is 1.25 bits per heavy atom. The molecule has 6 heteroatoms. The van der Waals surface area contributed by atoms with Gasteiger partial charge in [0.25, 0.3) is 0 Å². The van der Waals surface area contributed by atoms with Gasteiger partial charge in [0.05, 0.1) is 6.07 Å². The first-order chi connectivity index (χ1) is 3.41. The molecule has 0 aromatic rings. The molecule has 8 heavy (non-hydrogen) atoms. The highest BCUT2D eigenvalue weighted by Crippen LogP contribution is 2.06. The van der Waals surface area contributed by atoms with Crippen molar-refractivity contribution < 1.29 is 17.3 Å². The van der Waals surface area contributed by atoms with Crippen LogP contribution in [-0.2, 0) is 0 Å². The van der Waals surface area contributed by atoms with Crippen molar-refractivity contribution in [1.29, 1.82) is 5.26 Å². The fraction of sp³-hybridized carbons (Fsp3) is 0.500. The van der Waals surface area contributed by atoms with Crippen molar-refractivity contribution in [2.24, 2.45) is 0 Å². The van der Waals surface area contributed by atoms with Gasteiger partial charge in [0.15, 0.2) is 0 Å². The summed E-state index contributed by atoms with van der Waals surface area (Å²) in [6.07, 6.45) is 0. The highest BCUT2D eigenvalue weighted by Gasteiger charge is 2.20. The minimum atomic E-state index is -6.00. The topological polar surface area (TPSA) is 23.8 Å². The lowest BCUT2D eigenvalue weighted by Gasteiger charge is -1.94. The Labute approximate surface area is 44.0 Å². The Bertz CT molecular complexity index is 75.0. The van der Waals surface area contributed by atoms with Gasteiger partial charge in [-0.1, -0.05) is 0 Å². The summed E-state index contributed by atoms with van der Waals surface area (Å²) >= 11 is 0. The molecule has 0 bridgehead atoms. The second-order valence-corrected chi connectivity index (χ2v) is 0.718. The fourth-order valence-corrected chi connectivity index (χ4v) is 0. The molecule has 0 aliphatic heterocycles. The standard InChI is InChI=1S/C2H3N.BF4/c1-2-3;2-1(3,4)5/h1H3;/q;-1. The first kappa shape index (κ1) is 10.3. The van der Waals surface area contributed by atoms with Crippen molar-refractivity contribution in [3.05, 3.63) is 0 Å². The average molecular weight is 128 g/mol. The summed E-state index contributed by atoms with van der Waals surface area (Å²) in [4.78, 5) is 0. The van der Waals surface area contributed by atoms with Crippen LogP contribution in [0.5, 0.6) is 0 Å². The molecule has 0 radical (unpaired) electrons. The molecule has 0 fully saturated rings. The summed E-state index contributed by atoms with van der Waals surface area (Å²) < 4.78 is 39.0. The van der Waals surface area contributed by atoms with Gasteiger partial charge in [0, 0.05) is 6.92 Å². The monoisotopic (exact) mass is 128 g/mol. The zero-order chi connectivity index (χ0) is 7.21. The highest BCUT2D eigenvalue weighted by atomic mass is 19.5. The van der Waals surface area contributed by atoms with E-state index in [0.717, 1.165) is 0 Å². The molecular weight excluding hydrogens is 125 g/mol. The highest BCUT2D eigenvalue weighted by molar-refractivity contribution is 6.50.